The largest absolute Gasteiger partial charge is 0.508 e. The molecule has 0 aromatic heterocycles. The number of rotatable bonds is 5. The Morgan fingerprint density at radius 1 is 1.14 bits per heavy atom. The number of nitrogens with zero attached hydrogens (tertiary/aromatic N) is 1. The summed E-state index contributed by atoms with van der Waals surface area (Å²) in [5.41, 5.74) is 4.01. The molecule has 0 saturated carbocycles. The van der Waals surface area contributed by atoms with Crippen molar-refractivity contribution in [1.29, 1.82) is 0 Å². The Morgan fingerprint density at radius 3 is 2.55 bits per heavy atom. The second kappa shape index (κ2) is 6.92. The van der Waals surface area contributed by atoms with E-state index in [4.69, 9.17) is 11.6 Å². The van der Waals surface area contributed by atoms with Crippen LogP contribution in [0.2, 0.25) is 0 Å². The molecule has 0 aliphatic heterocycles. The molecule has 3 heteroatoms. The van der Waals surface area contributed by atoms with Crippen LogP contribution in [0.5, 0.6) is 5.75 Å². The summed E-state index contributed by atoms with van der Waals surface area (Å²) >= 11 is 5.96. The molecule has 2 aromatic rings. The normalized spacial score (nSPS) is 11.0. The Kier molecular flexibility index (Phi) is 4.97. The molecule has 0 atom stereocenters. The summed E-state index contributed by atoms with van der Waals surface area (Å²) in [6.07, 6.45) is 3.23. The lowest BCUT2D eigenvalue weighted by Crippen LogP contribution is -1.90. The van der Waals surface area contributed by atoms with Gasteiger partial charge in [0, 0.05) is 5.56 Å². The van der Waals surface area contributed by atoms with Crippen LogP contribution < -0.4 is 0 Å². The minimum Gasteiger partial charge on any atom is -0.508 e. The van der Waals surface area contributed by atoms with E-state index in [2.05, 4.69) is 24.7 Å². The second-order valence-corrected chi connectivity index (χ2v) is 5.04. The fraction of sp³-hybridized carbons (Fsp3) is 0. The van der Waals surface area contributed by atoms with Gasteiger partial charge in [0.05, 0.1) is 5.69 Å². The number of hydrogen-bond acceptors (Lipinski definition) is 2. The number of aliphatic imine (C=N–C) groups is 1. The van der Waals surface area contributed by atoms with E-state index >= 15 is 0 Å². The van der Waals surface area contributed by atoms with Gasteiger partial charge in [-0.1, -0.05) is 55.6 Å². The Bertz CT molecular complexity index is 775. The van der Waals surface area contributed by atoms with Crippen molar-refractivity contribution in [3.63, 3.8) is 0 Å². The molecule has 0 heterocycles. The van der Waals surface area contributed by atoms with Gasteiger partial charge in [0.15, 0.2) is 0 Å². The van der Waals surface area contributed by atoms with Crippen molar-refractivity contribution in [2.45, 2.75) is 0 Å². The van der Waals surface area contributed by atoms with Crippen LogP contribution in [0.25, 0.3) is 11.6 Å². The van der Waals surface area contributed by atoms with Gasteiger partial charge in [0.1, 0.15) is 10.9 Å². The summed E-state index contributed by atoms with van der Waals surface area (Å²) in [5.74, 6) is 0.188. The SMILES string of the molecule is C=C/C(Cl)=N\c1ccc(C=C)cc1C(=C)c1cccc(O)c1. The molecule has 0 saturated heterocycles. The number of aromatic hydroxyl groups is 1. The summed E-state index contributed by atoms with van der Waals surface area (Å²) in [6, 6.07) is 12.6. The van der Waals surface area contributed by atoms with Crippen molar-refractivity contribution in [3.8, 4) is 5.75 Å². The van der Waals surface area contributed by atoms with Gasteiger partial charge in [-0.05, 0) is 47.0 Å². The number of hydrogen-bond donors (Lipinski definition) is 1. The Morgan fingerprint density at radius 2 is 1.91 bits per heavy atom. The first-order valence-electron chi connectivity index (χ1n) is 6.67. The highest BCUT2D eigenvalue weighted by Gasteiger charge is 2.09. The highest BCUT2D eigenvalue weighted by molar-refractivity contribution is 6.68. The minimum absolute atomic E-state index is 0.188. The van der Waals surface area contributed by atoms with Crippen molar-refractivity contribution < 1.29 is 5.11 Å². The van der Waals surface area contributed by atoms with Crippen LogP contribution in [-0.2, 0) is 0 Å². The van der Waals surface area contributed by atoms with Gasteiger partial charge in [-0.2, -0.15) is 0 Å². The van der Waals surface area contributed by atoms with Crippen molar-refractivity contribution in [2.75, 3.05) is 0 Å². The lowest BCUT2D eigenvalue weighted by atomic mass is 9.96. The maximum atomic E-state index is 9.64. The van der Waals surface area contributed by atoms with Crippen LogP contribution >= 0.6 is 11.6 Å². The highest BCUT2D eigenvalue weighted by Crippen LogP contribution is 2.33. The third-order valence-corrected chi connectivity index (χ3v) is 3.41. The molecule has 0 spiro atoms. The van der Waals surface area contributed by atoms with Crippen LogP contribution in [-0.4, -0.2) is 10.3 Å². The molecule has 2 nitrogen and oxygen atoms in total. The standard InChI is InChI=1S/C19H16ClNO/c1-4-14-9-10-18(21-19(20)5-2)17(11-14)13(3)15-7-6-8-16(22)12-15/h4-12,22H,1-3H2/b21-19+. The van der Waals surface area contributed by atoms with Crippen molar-refractivity contribution in [1.82, 2.24) is 0 Å². The van der Waals surface area contributed by atoms with Crippen molar-refractivity contribution in [2.24, 2.45) is 4.99 Å². The van der Waals surface area contributed by atoms with E-state index in [1.54, 1.807) is 24.3 Å². The average Bonchev–Trinajstić information content (AvgIpc) is 2.54. The predicted octanol–water partition coefficient (Wildman–Crippen LogP) is 5.55. The second-order valence-electron chi connectivity index (χ2n) is 4.65. The molecule has 0 aliphatic rings. The quantitative estimate of drug-likeness (QED) is 0.721. The van der Waals surface area contributed by atoms with E-state index in [1.165, 1.54) is 6.08 Å². The lowest BCUT2D eigenvalue weighted by molar-refractivity contribution is 0.475. The summed E-state index contributed by atoms with van der Waals surface area (Å²) in [7, 11) is 0. The molecule has 0 amide bonds. The van der Waals surface area contributed by atoms with Gasteiger partial charge >= 0.3 is 0 Å². The minimum atomic E-state index is 0.188. The lowest BCUT2D eigenvalue weighted by Gasteiger charge is -2.11. The van der Waals surface area contributed by atoms with Gasteiger partial charge in [-0.3, -0.25) is 0 Å². The third-order valence-electron chi connectivity index (χ3n) is 3.17. The van der Waals surface area contributed by atoms with Crippen LogP contribution in [0.1, 0.15) is 16.7 Å². The Labute approximate surface area is 135 Å². The van der Waals surface area contributed by atoms with Crippen LogP contribution in [0, 0.1) is 0 Å². The predicted molar refractivity (Wildman–Crippen MR) is 95.9 cm³/mol. The number of phenols is 1. The molecular weight excluding hydrogens is 294 g/mol. The zero-order valence-corrected chi connectivity index (χ0v) is 12.8. The zero-order chi connectivity index (χ0) is 16.1. The van der Waals surface area contributed by atoms with Gasteiger partial charge in [0.25, 0.3) is 0 Å². The van der Waals surface area contributed by atoms with Gasteiger partial charge in [-0.15, -0.1) is 0 Å². The summed E-state index contributed by atoms with van der Waals surface area (Å²) in [6.45, 7) is 11.5. The molecule has 22 heavy (non-hydrogen) atoms. The third kappa shape index (κ3) is 3.54. The summed E-state index contributed by atoms with van der Waals surface area (Å²) in [5, 5.41) is 9.95. The van der Waals surface area contributed by atoms with Crippen molar-refractivity contribution in [3.05, 3.63) is 85.0 Å². The molecule has 110 valence electrons. The first kappa shape index (κ1) is 15.8. The molecular formula is C19H16ClNO. The van der Waals surface area contributed by atoms with Gasteiger partial charge < -0.3 is 5.11 Å². The average molecular weight is 310 g/mol. The van der Waals surface area contributed by atoms with Crippen LogP contribution in [0.3, 0.4) is 0 Å². The summed E-state index contributed by atoms with van der Waals surface area (Å²) in [4.78, 5) is 4.33. The number of phenolic OH excluding ortho intramolecular Hbond substituents is 1. The van der Waals surface area contributed by atoms with Gasteiger partial charge in [0.2, 0.25) is 0 Å². The van der Waals surface area contributed by atoms with E-state index in [0.29, 0.717) is 10.9 Å². The molecule has 2 aromatic carbocycles. The van der Waals surface area contributed by atoms with E-state index in [1.807, 2.05) is 24.3 Å². The number of benzene rings is 2. The molecule has 0 fully saturated rings. The fourth-order valence-electron chi connectivity index (χ4n) is 2.03. The molecule has 0 bridgehead atoms. The molecule has 0 radical (unpaired) electrons. The van der Waals surface area contributed by atoms with Crippen molar-refractivity contribution >= 4 is 34.1 Å². The molecule has 0 aliphatic carbocycles. The van der Waals surface area contributed by atoms with Crippen LogP contribution in [0.15, 0.2) is 73.3 Å². The van der Waals surface area contributed by atoms with E-state index in [9.17, 15) is 5.11 Å². The Hall–Kier alpha value is -2.58. The smallest absolute Gasteiger partial charge is 0.129 e. The van der Waals surface area contributed by atoms with Gasteiger partial charge in [-0.25, -0.2) is 4.99 Å². The monoisotopic (exact) mass is 309 g/mol. The van der Waals surface area contributed by atoms with E-state index in [-0.39, 0.29) is 5.75 Å². The molecule has 1 N–H and O–H groups in total. The summed E-state index contributed by atoms with van der Waals surface area (Å²) < 4.78 is 0. The molecule has 0 unspecified atom stereocenters. The zero-order valence-electron chi connectivity index (χ0n) is 12.1. The fourth-order valence-corrected chi connectivity index (χ4v) is 2.12. The first-order valence-corrected chi connectivity index (χ1v) is 7.04. The number of halogens is 1. The molecule has 2 rings (SSSR count). The number of allylic oxidation sites excluding steroid dienone is 1. The maximum Gasteiger partial charge on any atom is 0.129 e. The Balaban J connectivity index is 2.58. The highest BCUT2D eigenvalue weighted by atomic mass is 35.5. The maximum absolute atomic E-state index is 9.64. The van der Waals surface area contributed by atoms with Crippen LogP contribution in [0.4, 0.5) is 5.69 Å². The van der Waals surface area contributed by atoms with E-state index in [0.717, 1.165) is 22.3 Å². The topological polar surface area (TPSA) is 32.6 Å². The van der Waals surface area contributed by atoms with E-state index < -0.39 is 0 Å². The first-order chi connectivity index (χ1) is 10.5.